The lowest BCUT2D eigenvalue weighted by molar-refractivity contribution is -0.942. The highest BCUT2D eigenvalue weighted by atomic mass is 16.5. The van der Waals surface area contributed by atoms with Crippen molar-refractivity contribution >= 4 is 17.6 Å². The van der Waals surface area contributed by atoms with E-state index >= 15 is 0 Å². The van der Waals surface area contributed by atoms with E-state index in [1.807, 2.05) is 18.2 Å². The molecule has 2 heterocycles. The molecule has 2 unspecified atom stereocenters. The van der Waals surface area contributed by atoms with Gasteiger partial charge in [0, 0.05) is 24.4 Å². The van der Waals surface area contributed by atoms with Crippen molar-refractivity contribution in [3.8, 4) is 5.75 Å². The van der Waals surface area contributed by atoms with Crippen molar-refractivity contribution in [1.29, 1.82) is 0 Å². The maximum Gasteiger partial charge on any atom is 0.252 e. The zero-order valence-electron chi connectivity index (χ0n) is 18.2. The van der Waals surface area contributed by atoms with Crippen LogP contribution in [0.25, 0.3) is 0 Å². The first-order valence-corrected chi connectivity index (χ1v) is 10.5. The van der Waals surface area contributed by atoms with Crippen LogP contribution in [0.5, 0.6) is 5.75 Å². The normalized spacial score (nSPS) is 36.4. The Morgan fingerprint density at radius 2 is 2.16 bits per heavy atom. The van der Waals surface area contributed by atoms with E-state index < -0.39 is 29.0 Å². The second kappa shape index (κ2) is 7.18. The summed E-state index contributed by atoms with van der Waals surface area (Å²) >= 11 is 0. The zero-order valence-corrected chi connectivity index (χ0v) is 18.2. The number of carboxylic acids is 1. The Hall–Kier alpha value is -3.17. The van der Waals surface area contributed by atoms with Gasteiger partial charge in [-0.3, -0.25) is 4.79 Å². The molecule has 32 heavy (non-hydrogen) atoms. The van der Waals surface area contributed by atoms with Crippen LogP contribution in [0.15, 0.2) is 42.0 Å². The molecule has 0 saturated carbocycles. The Morgan fingerprint density at radius 1 is 1.47 bits per heavy atom. The molecule has 2 aliphatic heterocycles. The molecule has 1 amide bonds. The average molecular weight is 441 g/mol. The summed E-state index contributed by atoms with van der Waals surface area (Å²) in [5.74, 6) is 4.53. The van der Waals surface area contributed by atoms with Crippen molar-refractivity contribution < 1.29 is 29.0 Å². The number of amides is 1. The van der Waals surface area contributed by atoms with Crippen LogP contribution in [0.4, 0.5) is 0 Å². The standard InChI is InChI=1S/C21H24N4O3.C2H4O2/c1-3-9-25(2)10-8-20-16-12-4-5-13(19(22)26)17(16)28-18(20)14(24-23)6-7-21(20,27)15(25)11-12;1-2(3)4/h3-7,15,18,27H,1,8-11,23H2,2H3,(H-,22,26);1H3,(H,3,4)/b24-14-;/t15-,18?,20+,21-,25?;/m1./s1. The monoisotopic (exact) mass is 440 g/mol. The summed E-state index contributed by atoms with van der Waals surface area (Å²) < 4.78 is 7.01. The Labute approximate surface area is 186 Å². The van der Waals surface area contributed by atoms with Crippen molar-refractivity contribution in [2.75, 3.05) is 20.1 Å². The Morgan fingerprint density at radius 3 is 2.75 bits per heavy atom. The number of hydrazone groups is 1. The highest BCUT2D eigenvalue weighted by Crippen LogP contribution is 2.63. The molecule has 5 atom stereocenters. The zero-order chi connectivity index (χ0) is 23.5. The van der Waals surface area contributed by atoms with Crippen LogP contribution >= 0.6 is 0 Å². The number of nitrogens with zero attached hydrogens (tertiary/aromatic N) is 2. The molecule has 5 rings (SSSR count). The number of hydrogen-bond acceptors (Lipinski definition) is 7. The van der Waals surface area contributed by atoms with Gasteiger partial charge in [0.05, 0.1) is 31.1 Å². The molecule has 9 heteroatoms. The molecular formula is C23H28N4O5. The summed E-state index contributed by atoms with van der Waals surface area (Å²) in [5.41, 5.74) is 6.67. The number of aliphatic carboxylic acids is 1. The van der Waals surface area contributed by atoms with Gasteiger partial charge in [0.15, 0.2) is 6.10 Å². The van der Waals surface area contributed by atoms with Crippen LogP contribution in [0.2, 0.25) is 0 Å². The lowest BCUT2D eigenvalue weighted by Crippen LogP contribution is -2.79. The topological polar surface area (TPSA) is 151 Å². The van der Waals surface area contributed by atoms with Crippen LogP contribution in [0.1, 0.15) is 34.8 Å². The van der Waals surface area contributed by atoms with Crippen LogP contribution in [0.3, 0.4) is 0 Å². The molecule has 1 saturated heterocycles. The van der Waals surface area contributed by atoms with E-state index in [-0.39, 0.29) is 6.04 Å². The van der Waals surface area contributed by atoms with Crippen LogP contribution in [-0.2, 0) is 16.6 Å². The largest absolute Gasteiger partial charge is 0.550 e. The Bertz CT molecular complexity index is 1080. The van der Waals surface area contributed by atoms with E-state index in [0.717, 1.165) is 31.1 Å². The second-order valence-corrected chi connectivity index (χ2v) is 9.16. The van der Waals surface area contributed by atoms with Gasteiger partial charge in [-0.05, 0) is 36.8 Å². The third-order valence-electron chi connectivity index (χ3n) is 7.52. The van der Waals surface area contributed by atoms with Crippen molar-refractivity contribution in [1.82, 2.24) is 0 Å². The first kappa shape index (κ1) is 22.0. The number of carboxylic acid groups (broad SMARTS) is 1. The summed E-state index contributed by atoms with van der Waals surface area (Å²) in [4.78, 5) is 21.0. The van der Waals surface area contributed by atoms with Gasteiger partial charge in [0.1, 0.15) is 23.1 Å². The number of quaternary nitrogens is 1. The van der Waals surface area contributed by atoms with Crippen molar-refractivity contribution in [2.24, 2.45) is 16.7 Å². The minimum absolute atomic E-state index is 0.0706. The number of likely N-dealkylation sites (N-methyl/N-ethyl adjacent to an activating group) is 1. The van der Waals surface area contributed by atoms with Crippen molar-refractivity contribution in [2.45, 2.75) is 42.9 Å². The van der Waals surface area contributed by atoms with Gasteiger partial charge < -0.3 is 35.8 Å². The quantitative estimate of drug-likeness (QED) is 0.240. The van der Waals surface area contributed by atoms with E-state index in [4.69, 9.17) is 26.2 Å². The second-order valence-electron chi connectivity index (χ2n) is 9.16. The summed E-state index contributed by atoms with van der Waals surface area (Å²) in [7, 11) is 2.17. The maximum atomic E-state index is 12.2. The molecule has 9 nitrogen and oxygen atoms in total. The number of benzene rings is 1. The van der Waals surface area contributed by atoms with E-state index in [1.54, 1.807) is 12.1 Å². The van der Waals surface area contributed by atoms with E-state index in [0.29, 0.717) is 34.3 Å². The fourth-order valence-corrected chi connectivity index (χ4v) is 6.26. The number of piperidine rings is 1. The number of nitrogens with two attached hydrogens (primary N) is 2. The van der Waals surface area contributed by atoms with Gasteiger partial charge in [0.25, 0.3) is 5.91 Å². The fraction of sp³-hybridized carbons (Fsp3) is 0.435. The fourth-order valence-electron chi connectivity index (χ4n) is 6.26. The number of rotatable bonds is 3. The summed E-state index contributed by atoms with van der Waals surface area (Å²) in [6.45, 7) is 6.52. The molecule has 4 aliphatic rings. The minimum Gasteiger partial charge on any atom is -0.550 e. The van der Waals surface area contributed by atoms with Gasteiger partial charge in [-0.15, -0.1) is 0 Å². The van der Waals surface area contributed by atoms with Gasteiger partial charge in [-0.25, -0.2) is 0 Å². The highest BCUT2D eigenvalue weighted by molar-refractivity contribution is 6.04. The number of aliphatic hydroxyl groups is 1. The van der Waals surface area contributed by atoms with Gasteiger partial charge >= 0.3 is 0 Å². The van der Waals surface area contributed by atoms with E-state index in [9.17, 15) is 9.90 Å². The molecule has 1 fully saturated rings. The molecule has 2 aliphatic carbocycles. The number of carbonyl (C=O) groups excluding carboxylic acids is 2. The van der Waals surface area contributed by atoms with Gasteiger partial charge in [0.2, 0.25) is 0 Å². The van der Waals surface area contributed by atoms with Crippen LogP contribution < -0.4 is 21.4 Å². The molecule has 1 spiro atoms. The third-order valence-corrected chi connectivity index (χ3v) is 7.52. The number of likely N-dealkylation sites (tertiary alicyclic amines) is 1. The Kier molecular flexibility index (Phi) is 4.94. The van der Waals surface area contributed by atoms with E-state index in [2.05, 4.69) is 18.7 Å². The summed E-state index contributed by atoms with van der Waals surface area (Å²) in [5, 5.41) is 25.0. The lowest BCUT2D eigenvalue weighted by atomic mass is 9.50. The number of primary amides is 1. The van der Waals surface area contributed by atoms with Crippen LogP contribution in [-0.4, -0.2) is 65.1 Å². The van der Waals surface area contributed by atoms with Crippen LogP contribution in [0, 0.1) is 0 Å². The van der Waals surface area contributed by atoms with E-state index in [1.165, 1.54) is 0 Å². The Balaban J connectivity index is 0.000000567. The minimum atomic E-state index is -1.14. The number of hydrogen-bond donors (Lipinski definition) is 3. The molecule has 0 radical (unpaired) electrons. The van der Waals surface area contributed by atoms with Gasteiger partial charge in [-0.1, -0.05) is 12.6 Å². The lowest BCUT2D eigenvalue weighted by Gasteiger charge is -2.63. The third kappa shape index (κ3) is 2.67. The predicted molar refractivity (Wildman–Crippen MR) is 116 cm³/mol. The molecular weight excluding hydrogens is 412 g/mol. The molecule has 0 aromatic heterocycles. The number of ether oxygens (including phenoxy) is 1. The summed E-state index contributed by atoms with van der Waals surface area (Å²) in [6.07, 6.45) is 6.35. The molecule has 5 N–H and O–H groups in total. The first-order chi connectivity index (χ1) is 15.1. The summed E-state index contributed by atoms with van der Waals surface area (Å²) in [6, 6.07) is 3.62. The maximum absolute atomic E-state index is 12.2. The number of carbonyl (C=O) groups is 2. The van der Waals surface area contributed by atoms with Crippen molar-refractivity contribution in [3.63, 3.8) is 0 Å². The van der Waals surface area contributed by atoms with Gasteiger partial charge in [-0.2, -0.15) is 5.10 Å². The molecule has 2 bridgehead atoms. The molecule has 1 aromatic rings. The first-order valence-electron chi connectivity index (χ1n) is 10.5. The molecule has 1 aromatic carbocycles. The van der Waals surface area contributed by atoms with Crippen molar-refractivity contribution in [3.05, 3.63) is 53.6 Å². The predicted octanol–water partition coefficient (Wildman–Crippen LogP) is -0.883. The highest BCUT2D eigenvalue weighted by Gasteiger charge is 2.74. The molecule has 170 valence electrons. The SMILES string of the molecule is C=CC[N+]1(C)CC[C@]23c4c5ccc(C(N)=O)c4OC2/C(=N\N)C=C[C@@]3(O)[C@H]1C5.CC(=O)[O-]. The average Bonchev–Trinajstić information content (AvgIpc) is 3.06. The smallest absolute Gasteiger partial charge is 0.252 e.